The average molecular weight is 211 g/mol. The highest BCUT2D eigenvalue weighted by atomic mass is 16.5. The van der Waals surface area contributed by atoms with Crippen LogP contribution in [0.15, 0.2) is 0 Å². The first-order chi connectivity index (χ1) is 7.29. The van der Waals surface area contributed by atoms with Gasteiger partial charge in [-0.05, 0) is 25.7 Å². The van der Waals surface area contributed by atoms with E-state index in [4.69, 9.17) is 4.74 Å². The third kappa shape index (κ3) is 2.79. The van der Waals surface area contributed by atoms with E-state index in [0.29, 0.717) is 17.9 Å². The smallest absolute Gasteiger partial charge is 0.135 e. The summed E-state index contributed by atoms with van der Waals surface area (Å²) >= 11 is 0. The Balaban J connectivity index is 1.84. The molecule has 3 nitrogen and oxygen atoms in total. The average Bonchev–Trinajstić information content (AvgIpc) is 2.30. The van der Waals surface area contributed by atoms with Crippen molar-refractivity contribution in [3.63, 3.8) is 0 Å². The lowest BCUT2D eigenvalue weighted by Crippen LogP contribution is -2.45. The summed E-state index contributed by atoms with van der Waals surface area (Å²) in [4.78, 5) is 13.7. The fourth-order valence-corrected chi connectivity index (χ4v) is 2.80. The van der Waals surface area contributed by atoms with E-state index in [0.717, 1.165) is 32.4 Å². The van der Waals surface area contributed by atoms with Crippen molar-refractivity contribution in [3.8, 4) is 0 Å². The molecule has 0 aromatic heterocycles. The van der Waals surface area contributed by atoms with Gasteiger partial charge >= 0.3 is 0 Å². The Morgan fingerprint density at radius 2 is 2.00 bits per heavy atom. The number of ketones is 1. The standard InChI is InChI=1S/C12H21NO2/c1-15-12-4-2-3-10(9-12)13-7-5-11(14)6-8-13/h10,12H,2-9H2,1H3. The first-order valence-corrected chi connectivity index (χ1v) is 6.08. The molecule has 0 amide bonds. The SMILES string of the molecule is COC1CCCC(N2CCC(=O)CC2)C1. The van der Waals surface area contributed by atoms with Crippen LogP contribution in [0.3, 0.4) is 0 Å². The lowest BCUT2D eigenvalue weighted by Gasteiger charge is -2.38. The van der Waals surface area contributed by atoms with Crippen molar-refractivity contribution in [1.82, 2.24) is 4.90 Å². The van der Waals surface area contributed by atoms with Crippen molar-refractivity contribution < 1.29 is 9.53 Å². The predicted octanol–water partition coefficient (Wildman–Crippen LogP) is 1.61. The van der Waals surface area contributed by atoms with Crippen molar-refractivity contribution in [2.24, 2.45) is 0 Å². The van der Waals surface area contributed by atoms with Crippen LogP contribution in [0.2, 0.25) is 0 Å². The Labute approximate surface area is 91.8 Å². The monoisotopic (exact) mass is 211 g/mol. The first-order valence-electron chi connectivity index (χ1n) is 6.08. The number of nitrogens with zero attached hydrogens (tertiary/aromatic N) is 1. The molecule has 1 aliphatic heterocycles. The van der Waals surface area contributed by atoms with Gasteiger partial charge in [-0.25, -0.2) is 0 Å². The molecule has 2 fully saturated rings. The Kier molecular flexibility index (Phi) is 3.76. The van der Waals surface area contributed by atoms with Crippen LogP contribution >= 0.6 is 0 Å². The number of likely N-dealkylation sites (tertiary alicyclic amines) is 1. The van der Waals surface area contributed by atoms with Crippen LogP contribution in [0.1, 0.15) is 38.5 Å². The molecule has 1 saturated heterocycles. The minimum absolute atomic E-state index is 0.436. The van der Waals surface area contributed by atoms with E-state index in [-0.39, 0.29) is 0 Å². The summed E-state index contributed by atoms with van der Waals surface area (Å²) in [5.74, 6) is 0.436. The quantitative estimate of drug-likeness (QED) is 0.695. The molecule has 0 spiro atoms. The number of hydrogen-bond acceptors (Lipinski definition) is 3. The van der Waals surface area contributed by atoms with Gasteiger partial charge in [0.25, 0.3) is 0 Å². The molecule has 1 saturated carbocycles. The molecule has 0 bridgehead atoms. The summed E-state index contributed by atoms with van der Waals surface area (Å²) in [5.41, 5.74) is 0. The molecule has 3 heteroatoms. The van der Waals surface area contributed by atoms with Crippen LogP contribution in [-0.4, -0.2) is 43.0 Å². The van der Waals surface area contributed by atoms with Crippen LogP contribution < -0.4 is 0 Å². The number of hydrogen-bond donors (Lipinski definition) is 0. The molecule has 0 N–H and O–H groups in total. The van der Waals surface area contributed by atoms with Crippen LogP contribution in [0.4, 0.5) is 0 Å². The van der Waals surface area contributed by atoms with Gasteiger partial charge in [0.1, 0.15) is 5.78 Å². The fraction of sp³-hybridized carbons (Fsp3) is 0.917. The Hall–Kier alpha value is -0.410. The molecule has 2 atom stereocenters. The number of carbonyl (C=O) groups excluding carboxylic acids is 1. The molecule has 0 aromatic carbocycles. The molecular formula is C12H21NO2. The van der Waals surface area contributed by atoms with E-state index in [1.165, 1.54) is 19.3 Å². The number of ether oxygens (including phenoxy) is 1. The summed E-state index contributed by atoms with van der Waals surface area (Å²) in [6, 6.07) is 0.664. The molecule has 15 heavy (non-hydrogen) atoms. The van der Waals surface area contributed by atoms with Crippen LogP contribution in [0.25, 0.3) is 0 Å². The number of piperidine rings is 1. The molecule has 2 unspecified atom stereocenters. The molecule has 1 aliphatic carbocycles. The summed E-state index contributed by atoms with van der Waals surface area (Å²) in [5, 5.41) is 0. The molecular weight excluding hydrogens is 190 g/mol. The van der Waals surface area contributed by atoms with Crippen LogP contribution in [0, 0.1) is 0 Å². The highest BCUT2D eigenvalue weighted by Crippen LogP contribution is 2.26. The molecule has 0 aromatic rings. The van der Waals surface area contributed by atoms with Gasteiger partial charge in [0.15, 0.2) is 0 Å². The van der Waals surface area contributed by atoms with Crippen molar-refractivity contribution in [1.29, 1.82) is 0 Å². The fourth-order valence-electron chi connectivity index (χ4n) is 2.80. The maximum atomic E-state index is 11.2. The zero-order valence-electron chi connectivity index (χ0n) is 9.58. The summed E-state index contributed by atoms with van der Waals surface area (Å²) in [7, 11) is 1.81. The summed E-state index contributed by atoms with van der Waals surface area (Å²) in [6.07, 6.45) is 6.88. The topological polar surface area (TPSA) is 29.5 Å². The van der Waals surface area contributed by atoms with Gasteiger partial charge < -0.3 is 4.74 Å². The Morgan fingerprint density at radius 1 is 1.27 bits per heavy atom. The Morgan fingerprint density at radius 3 is 2.67 bits per heavy atom. The van der Waals surface area contributed by atoms with Crippen molar-refractivity contribution >= 4 is 5.78 Å². The third-order valence-corrected chi connectivity index (χ3v) is 3.80. The van der Waals surface area contributed by atoms with Gasteiger partial charge in [-0.1, -0.05) is 0 Å². The largest absolute Gasteiger partial charge is 0.381 e. The van der Waals surface area contributed by atoms with E-state index >= 15 is 0 Å². The van der Waals surface area contributed by atoms with E-state index in [1.807, 2.05) is 7.11 Å². The van der Waals surface area contributed by atoms with Crippen molar-refractivity contribution in [2.75, 3.05) is 20.2 Å². The normalized spacial score (nSPS) is 34.3. The predicted molar refractivity (Wildman–Crippen MR) is 58.9 cm³/mol. The maximum absolute atomic E-state index is 11.2. The minimum Gasteiger partial charge on any atom is -0.381 e. The zero-order chi connectivity index (χ0) is 10.7. The van der Waals surface area contributed by atoms with Gasteiger partial charge in [0.2, 0.25) is 0 Å². The van der Waals surface area contributed by atoms with Crippen LogP contribution in [0.5, 0.6) is 0 Å². The zero-order valence-corrected chi connectivity index (χ0v) is 9.58. The lowest BCUT2D eigenvalue weighted by molar-refractivity contribution is -0.122. The highest BCUT2D eigenvalue weighted by Gasteiger charge is 2.28. The van der Waals surface area contributed by atoms with Gasteiger partial charge in [-0.2, -0.15) is 0 Å². The summed E-state index contributed by atoms with van der Waals surface area (Å²) < 4.78 is 5.44. The molecule has 0 radical (unpaired) electrons. The van der Waals surface area contributed by atoms with E-state index < -0.39 is 0 Å². The first kappa shape index (κ1) is 11.1. The van der Waals surface area contributed by atoms with Crippen molar-refractivity contribution in [2.45, 2.75) is 50.7 Å². The number of rotatable bonds is 2. The molecule has 2 aliphatic rings. The molecule has 2 rings (SSSR count). The lowest BCUT2D eigenvalue weighted by atomic mass is 9.90. The van der Waals surface area contributed by atoms with Crippen molar-refractivity contribution in [3.05, 3.63) is 0 Å². The van der Waals surface area contributed by atoms with Gasteiger partial charge in [0, 0.05) is 39.1 Å². The van der Waals surface area contributed by atoms with Crippen LogP contribution in [-0.2, 0) is 9.53 Å². The Bertz CT molecular complexity index is 220. The molecule has 86 valence electrons. The van der Waals surface area contributed by atoms with Gasteiger partial charge in [-0.3, -0.25) is 9.69 Å². The second-order valence-corrected chi connectivity index (χ2v) is 4.75. The van der Waals surface area contributed by atoms with E-state index in [2.05, 4.69) is 4.90 Å². The van der Waals surface area contributed by atoms with Gasteiger partial charge in [-0.15, -0.1) is 0 Å². The second kappa shape index (κ2) is 5.08. The molecule has 1 heterocycles. The second-order valence-electron chi connectivity index (χ2n) is 4.75. The highest BCUT2D eigenvalue weighted by molar-refractivity contribution is 5.79. The summed E-state index contributed by atoms with van der Waals surface area (Å²) in [6.45, 7) is 1.94. The van der Waals surface area contributed by atoms with Gasteiger partial charge in [0.05, 0.1) is 6.10 Å². The number of methoxy groups -OCH3 is 1. The maximum Gasteiger partial charge on any atom is 0.135 e. The third-order valence-electron chi connectivity index (χ3n) is 3.80. The van der Waals surface area contributed by atoms with E-state index in [1.54, 1.807) is 0 Å². The number of carbonyl (C=O) groups is 1. The minimum atomic E-state index is 0.436. The number of Topliss-reactive ketones (excluding diaryl/α,β-unsaturated/α-hetero) is 1. The van der Waals surface area contributed by atoms with E-state index in [9.17, 15) is 4.79 Å².